The summed E-state index contributed by atoms with van der Waals surface area (Å²) in [7, 11) is -3.62. The molecule has 0 spiro atoms. The molecule has 2 aromatic carbocycles. The number of hydrogen-bond acceptors (Lipinski definition) is 4. The minimum absolute atomic E-state index is 0.123. The lowest BCUT2D eigenvalue weighted by atomic mass is 9.93. The van der Waals surface area contributed by atoms with Gasteiger partial charge in [-0.15, -0.1) is 0 Å². The van der Waals surface area contributed by atoms with Gasteiger partial charge < -0.3 is 10.1 Å². The van der Waals surface area contributed by atoms with Gasteiger partial charge in [0.25, 0.3) is 0 Å². The van der Waals surface area contributed by atoms with E-state index in [2.05, 4.69) is 5.32 Å². The van der Waals surface area contributed by atoms with Crippen molar-refractivity contribution in [2.75, 3.05) is 31.6 Å². The number of morpholine rings is 1. The molecule has 1 N–H and O–H groups in total. The van der Waals surface area contributed by atoms with E-state index in [0.717, 1.165) is 24.0 Å². The molecule has 0 saturated carbocycles. The number of rotatable bonds is 7. The predicted molar refractivity (Wildman–Crippen MR) is 113 cm³/mol. The van der Waals surface area contributed by atoms with Gasteiger partial charge in [-0.2, -0.15) is 4.31 Å². The smallest absolute Gasteiger partial charge is 0.243 e. The SMILES string of the molecule is CCCC(C(=O)Nc1cc(S(=O)(=O)N2CCOCC2)ccc1C)c1ccccc1. The molecule has 1 atom stereocenters. The molecular weight excluding hydrogens is 388 g/mol. The molecule has 1 saturated heterocycles. The van der Waals surface area contributed by atoms with E-state index in [0.29, 0.717) is 32.0 Å². The summed E-state index contributed by atoms with van der Waals surface area (Å²) in [6.07, 6.45) is 1.60. The maximum absolute atomic E-state index is 13.0. The van der Waals surface area contributed by atoms with Crippen molar-refractivity contribution >= 4 is 21.6 Å². The number of sulfonamides is 1. The fourth-order valence-electron chi connectivity index (χ4n) is 3.48. The molecule has 29 heavy (non-hydrogen) atoms. The van der Waals surface area contributed by atoms with Crippen LogP contribution in [0.25, 0.3) is 0 Å². The van der Waals surface area contributed by atoms with Crippen molar-refractivity contribution in [2.45, 2.75) is 37.5 Å². The van der Waals surface area contributed by atoms with Crippen LogP contribution in [0.5, 0.6) is 0 Å². The number of ether oxygens (including phenoxy) is 1. The Bertz CT molecular complexity index is 939. The highest BCUT2D eigenvalue weighted by Crippen LogP contribution is 2.27. The van der Waals surface area contributed by atoms with E-state index in [1.165, 1.54) is 4.31 Å². The molecule has 0 aromatic heterocycles. The molecule has 7 heteroatoms. The monoisotopic (exact) mass is 416 g/mol. The highest BCUT2D eigenvalue weighted by Gasteiger charge is 2.27. The van der Waals surface area contributed by atoms with Crippen molar-refractivity contribution in [3.8, 4) is 0 Å². The van der Waals surface area contributed by atoms with E-state index in [4.69, 9.17) is 4.74 Å². The minimum atomic E-state index is -3.62. The van der Waals surface area contributed by atoms with Gasteiger partial charge in [0.2, 0.25) is 15.9 Å². The number of nitrogens with zero attached hydrogens (tertiary/aromatic N) is 1. The summed E-state index contributed by atoms with van der Waals surface area (Å²) in [6, 6.07) is 14.6. The van der Waals surface area contributed by atoms with Crippen LogP contribution < -0.4 is 5.32 Å². The molecule has 0 radical (unpaired) electrons. The van der Waals surface area contributed by atoms with Crippen molar-refractivity contribution in [1.29, 1.82) is 0 Å². The van der Waals surface area contributed by atoms with Crippen LogP contribution in [0.1, 0.15) is 36.8 Å². The van der Waals surface area contributed by atoms with Gasteiger partial charge in [-0.05, 0) is 36.6 Å². The van der Waals surface area contributed by atoms with Crippen molar-refractivity contribution in [2.24, 2.45) is 0 Å². The maximum atomic E-state index is 13.0. The zero-order valence-corrected chi connectivity index (χ0v) is 17.7. The third-order valence-electron chi connectivity index (χ3n) is 5.17. The van der Waals surface area contributed by atoms with Crippen molar-refractivity contribution < 1.29 is 17.9 Å². The van der Waals surface area contributed by atoms with E-state index in [1.54, 1.807) is 18.2 Å². The average molecular weight is 417 g/mol. The Balaban J connectivity index is 1.85. The Kier molecular flexibility index (Phi) is 7.05. The van der Waals surface area contributed by atoms with Gasteiger partial charge in [0, 0.05) is 18.8 Å². The van der Waals surface area contributed by atoms with Crippen LogP contribution in [0, 0.1) is 6.92 Å². The quantitative estimate of drug-likeness (QED) is 0.749. The number of amides is 1. The topological polar surface area (TPSA) is 75.7 Å². The fourth-order valence-corrected chi connectivity index (χ4v) is 4.91. The van der Waals surface area contributed by atoms with Crippen LogP contribution in [-0.4, -0.2) is 44.9 Å². The van der Waals surface area contributed by atoms with Gasteiger partial charge in [-0.3, -0.25) is 4.79 Å². The second kappa shape index (κ2) is 9.52. The zero-order valence-electron chi connectivity index (χ0n) is 16.9. The summed E-state index contributed by atoms with van der Waals surface area (Å²) in [4.78, 5) is 13.2. The minimum Gasteiger partial charge on any atom is -0.379 e. The number of aryl methyl sites for hydroxylation is 1. The Hall–Kier alpha value is -2.22. The summed E-state index contributed by atoms with van der Waals surface area (Å²) in [5.74, 6) is -0.401. The lowest BCUT2D eigenvalue weighted by Gasteiger charge is -2.26. The van der Waals surface area contributed by atoms with Crippen molar-refractivity contribution in [3.63, 3.8) is 0 Å². The summed E-state index contributed by atoms with van der Waals surface area (Å²) in [5.41, 5.74) is 2.31. The number of anilines is 1. The Labute approximate surface area is 172 Å². The van der Waals surface area contributed by atoms with Crippen LogP contribution in [0.2, 0.25) is 0 Å². The number of carbonyl (C=O) groups is 1. The number of nitrogens with one attached hydrogen (secondary N) is 1. The third-order valence-corrected chi connectivity index (χ3v) is 7.07. The highest BCUT2D eigenvalue weighted by atomic mass is 32.2. The largest absolute Gasteiger partial charge is 0.379 e. The second-order valence-corrected chi connectivity index (χ2v) is 9.17. The summed E-state index contributed by atoms with van der Waals surface area (Å²) in [5, 5.41) is 2.96. The molecule has 0 bridgehead atoms. The number of benzene rings is 2. The number of carbonyl (C=O) groups excluding carboxylic acids is 1. The molecule has 1 aliphatic rings. The fraction of sp³-hybridized carbons (Fsp3) is 0.409. The van der Waals surface area contributed by atoms with Crippen LogP contribution in [-0.2, 0) is 19.6 Å². The van der Waals surface area contributed by atoms with Gasteiger partial charge in [0.05, 0.1) is 24.0 Å². The molecule has 1 heterocycles. The summed E-state index contributed by atoms with van der Waals surface area (Å²) in [6.45, 7) is 5.37. The summed E-state index contributed by atoms with van der Waals surface area (Å²) < 4.78 is 32.6. The Morgan fingerprint density at radius 3 is 2.48 bits per heavy atom. The van der Waals surface area contributed by atoms with Crippen molar-refractivity contribution in [3.05, 3.63) is 59.7 Å². The molecule has 1 unspecified atom stereocenters. The molecule has 0 aliphatic carbocycles. The first-order valence-electron chi connectivity index (χ1n) is 9.98. The molecule has 6 nitrogen and oxygen atoms in total. The van der Waals surface area contributed by atoms with Gasteiger partial charge in [0.15, 0.2) is 0 Å². The first-order valence-corrected chi connectivity index (χ1v) is 11.4. The van der Waals surface area contributed by atoms with Gasteiger partial charge in [-0.1, -0.05) is 49.7 Å². The molecule has 2 aromatic rings. The van der Waals surface area contributed by atoms with Crippen molar-refractivity contribution in [1.82, 2.24) is 4.31 Å². The molecular formula is C22H28N2O4S. The van der Waals surface area contributed by atoms with E-state index < -0.39 is 10.0 Å². The van der Waals surface area contributed by atoms with Gasteiger partial charge >= 0.3 is 0 Å². The molecule has 1 aliphatic heterocycles. The normalized spacial score (nSPS) is 16.3. The Morgan fingerprint density at radius 1 is 1.14 bits per heavy atom. The Morgan fingerprint density at radius 2 is 1.83 bits per heavy atom. The van der Waals surface area contributed by atoms with Gasteiger partial charge in [-0.25, -0.2) is 8.42 Å². The molecule has 156 valence electrons. The first-order chi connectivity index (χ1) is 13.9. The zero-order chi connectivity index (χ0) is 20.9. The van der Waals surface area contributed by atoms with Crippen LogP contribution in [0.3, 0.4) is 0 Å². The molecule has 1 amide bonds. The predicted octanol–water partition coefficient (Wildman–Crippen LogP) is 3.54. The van der Waals surface area contributed by atoms with E-state index in [1.807, 2.05) is 44.2 Å². The van der Waals surface area contributed by atoms with E-state index in [-0.39, 0.29) is 16.7 Å². The summed E-state index contributed by atoms with van der Waals surface area (Å²) >= 11 is 0. The third kappa shape index (κ3) is 5.04. The lowest BCUT2D eigenvalue weighted by Crippen LogP contribution is -2.40. The van der Waals surface area contributed by atoms with E-state index in [9.17, 15) is 13.2 Å². The number of hydrogen-bond donors (Lipinski definition) is 1. The lowest BCUT2D eigenvalue weighted by molar-refractivity contribution is -0.117. The standard InChI is InChI=1S/C22H28N2O4S/c1-3-7-20(18-8-5-4-6-9-18)22(25)23-21-16-19(11-10-17(21)2)29(26,27)24-12-14-28-15-13-24/h4-6,8-11,16,20H,3,7,12-15H2,1-2H3,(H,23,25). The van der Waals surface area contributed by atoms with Crippen LogP contribution >= 0.6 is 0 Å². The molecule has 3 rings (SSSR count). The molecule has 1 fully saturated rings. The second-order valence-electron chi connectivity index (χ2n) is 7.23. The van der Waals surface area contributed by atoms with Gasteiger partial charge in [0.1, 0.15) is 0 Å². The van der Waals surface area contributed by atoms with E-state index >= 15 is 0 Å². The first kappa shape index (κ1) is 21.5. The van der Waals surface area contributed by atoms with Crippen LogP contribution in [0.4, 0.5) is 5.69 Å². The van der Waals surface area contributed by atoms with Crippen LogP contribution in [0.15, 0.2) is 53.4 Å². The average Bonchev–Trinajstić information content (AvgIpc) is 2.74. The highest BCUT2D eigenvalue weighted by molar-refractivity contribution is 7.89. The maximum Gasteiger partial charge on any atom is 0.243 e.